The van der Waals surface area contributed by atoms with Crippen LogP contribution in [0.2, 0.25) is 5.02 Å². The fourth-order valence-electron chi connectivity index (χ4n) is 2.33. The summed E-state index contributed by atoms with van der Waals surface area (Å²) >= 11 is 5.90. The Kier molecular flexibility index (Phi) is 5.71. The van der Waals surface area contributed by atoms with Crippen molar-refractivity contribution in [2.75, 3.05) is 13.1 Å². The number of rotatable bonds is 6. The quantitative estimate of drug-likeness (QED) is 0.825. The van der Waals surface area contributed by atoms with Crippen LogP contribution in [0.1, 0.15) is 24.0 Å². The standard InChI is InChI=1S/C17H18ClF2N/c1-2-21-11-14(12-3-5-15(18)6-4-12)9-13-10-16(19)7-8-17(13)20/h3-8,10,14,21H,2,9,11H2,1H3. The van der Waals surface area contributed by atoms with Gasteiger partial charge in [-0.3, -0.25) is 0 Å². The highest BCUT2D eigenvalue weighted by Gasteiger charge is 2.15. The molecule has 0 fully saturated rings. The van der Waals surface area contributed by atoms with E-state index in [0.717, 1.165) is 18.2 Å². The molecule has 0 aliphatic heterocycles. The van der Waals surface area contributed by atoms with Gasteiger partial charge in [0, 0.05) is 17.5 Å². The van der Waals surface area contributed by atoms with E-state index in [2.05, 4.69) is 5.32 Å². The van der Waals surface area contributed by atoms with Crippen molar-refractivity contribution in [3.63, 3.8) is 0 Å². The lowest BCUT2D eigenvalue weighted by atomic mass is 9.91. The van der Waals surface area contributed by atoms with E-state index >= 15 is 0 Å². The van der Waals surface area contributed by atoms with Gasteiger partial charge >= 0.3 is 0 Å². The van der Waals surface area contributed by atoms with Crippen molar-refractivity contribution < 1.29 is 8.78 Å². The van der Waals surface area contributed by atoms with Crippen LogP contribution in [0.15, 0.2) is 42.5 Å². The molecule has 0 aliphatic rings. The van der Waals surface area contributed by atoms with E-state index < -0.39 is 5.82 Å². The first-order chi connectivity index (χ1) is 10.1. The summed E-state index contributed by atoms with van der Waals surface area (Å²) < 4.78 is 27.1. The Hall–Kier alpha value is -1.45. The molecule has 0 bridgehead atoms. The van der Waals surface area contributed by atoms with Gasteiger partial charge in [-0.1, -0.05) is 30.7 Å². The van der Waals surface area contributed by atoms with Crippen LogP contribution >= 0.6 is 11.6 Å². The maximum atomic E-state index is 13.8. The van der Waals surface area contributed by atoms with Gasteiger partial charge in [0.15, 0.2) is 0 Å². The summed E-state index contributed by atoms with van der Waals surface area (Å²) in [6.45, 7) is 3.55. The average molecular weight is 310 g/mol. The molecule has 2 aromatic carbocycles. The van der Waals surface area contributed by atoms with E-state index in [4.69, 9.17) is 11.6 Å². The monoisotopic (exact) mass is 309 g/mol. The summed E-state index contributed by atoms with van der Waals surface area (Å²) in [7, 11) is 0. The highest BCUT2D eigenvalue weighted by atomic mass is 35.5. The second kappa shape index (κ2) is 7.53. The number of hydrogen-bond donors (Lipinski definition) is 1. The highest BCUT2D eigenvalue weighted by molar-refractivity contribution is 6.30. The molecule has 1 nitrogen and oxygen atoms in total. The van der Waals surface area contributed by atoms with E-state index in [1.807, 2.05) is 31.2 Å². The highest BCUT2D eigenvalue weighted by Crippen LogP contribution is 2.24. The third-order valence-corrected chi connectivity index (χ3v) is 3.71. The van der Waals surface area contributed by atoms with Gasteiger partial charge in [0.1, 0.15) is 11.6 Å². The van der Waals surface area contributed by atoms with Crippen molar-refractivity contribution in [3.8, 4) is 0 Å². The van der Waals surface area contributed by atoms with Crippen molar-refractivity contribution in [1.82, 2.24) is 5.32 Å². The molecule has 0 heterocycles. The Morgan fingerprint density at radius 1 is 1.10 bits per heavy atom. The van der Waals surface area contributed by atoms with E-state index in [1.54, 1.807) is 0 Å². The molecule has 2 rings (SSSR count). The molecule has 1 unspecified atom stereocenters. The maximum Gasteiger partial charge on any atom is 0.126 e. The summed E-state index contributed by atoms with van der Waals surface area (Å²) in [4.78, 5) is 0. The first-order valence-corrected chi connectivity index (χ1v) is 7.38. The largest absolute Gasteiger partial charge is 0.316 e. The third-order valence-electron chi connectivity index (χ3n) is 3.46. The summed E-state index contributed by atoms with van der Waals surface area (Å²) in [6.07, 6.45) is 0.443. The maximum absolute atomic E-state index is 13.8. The predicted octanol–water partition coefficient (Wildman–Crippen LogP) is 4.55. The van der Waals surface area contributed by atoms with E-state index in [1.165, 1.54) is 12.1 Å². The molecule has 1 N–H and O–H groups in total. The topological polar surface area (TPSA) is 12.0 Å². The summed E-state index contributed by atoms with van der Waals surface area (Å²) in [5, 5.41) is 3.93. The normalized spacial score (nSPS) is 12.4. The van der Waals surface area contributed by atoms with Gasteiger partial charge in [-0.2, -0.15) is 0 Å². The predicted molar refractivity (Wildman–Crippen MR) is 82.8 cm³/mol. The number of halogens is 3. The van der Waals surface area contributed by atoms with Gasteiger partial charge in [0.05, 0.1) is 0 Å². The Morgan fingerprint density at radius 3 is 2.48 bits per heavy atom. The van der Waals surface area contributed by atoms with Crippen LogP contribution in [0.25, 0.3) is 0 Å². The molecule has 2 aromatic rings. The van der Waals surface area contributed by atoms with Crippen LogP contribution < -0.4 is 5.32 Å². The molecule has 0 aliphatic carbocycles. The second-order valence-electron chi connectivity index (χ2n) is 5.00. The van der Waals surface area contributed by atoms with E-state index in [-0.39, 0.29) is 11.7 Å². The summed E-state index contributed by atoms with van der Waals surface area (Å²) in [5.74, 6) is -0.713. The van der Waals surface area contributed by atoms with Gasteiger partial charge in [0.2, 0.25) is 0 Å². The van der Waals surface area contributed by atoms with Gasteiger partial charge < -0.3 is 5.32 Å². The van der Waals surface area contributed by atoms with Crippen molar-refractivity contribution >= 4 is 11.6 Å². The lowest BCUT2D eigenvalue weighted by Gasteiger charge is -2.18. The number of nitrogens with one attached hydrogen (secondary N) is 1. The molecule has 4 heteroatoms. The van der Waals surface area contributed by atoms with Crippen LogP contribution in [-0.4, -0.2) is 13.1 Å². The zero-order chi connectivity index (χ0) is 15.2. The van der Waals surface area contributed by atoms with Crippen LogP contribution in [0.5, 0.6) is 0 Å². The fraction of sp³-hybridized carbons (Fsp3) is 0.294. The molecule has 21 heavy (non-hydrogen) atoms. The molecule has 0 amide bonds. The van der Waals surface area contributed by atoms with Gasteiger partial charge in [-0.25, -0.2) is 8.78 Å². The SMILES string of the molecule is CCNCC(Cc1cc(F)ccc1F)c1ccc(Cl)cc1. The Bertz CT molecular complexity index is 584. The van der Waals surface area contributed by atoms with Crippen LogP contribution in [0, 0.1) is 11.6 Å². The molecule has 0 saturated heterocycles. The zero-order valence-corrected chi connectivity index (χ0v) is 12.6. The number of hydrogen-bond acceptors (Lipinski definition) is 1. The van der Waals surface area contributed by atoms with Crippen LogP contribution in [0.4, 0.5) is 8.78 Å². The summed E-state index contributed by atoms with van der Waals surface area (Å²) in [6, 6.07) is 11.1. The Labute approximate surface area is 128 Å². The lowest BCUT2D eigenvalue weighted by Crippen LogP contribution is -2.23. The van der Waals surface area contributed by atoms with Gasteiger partial charge in [-0.05, 0) is 54.4 Å². The van der Waals surface area contributed by atoms with Crippen molar-refractivity contribution in [2.45, 2.75) is 19.3 Å². The molecule has 112 valence electrons. The molecule has 0 saturated carbocycles. The second-order valence-corrected chi connectivity index (χ2v) is 5.43. The van der Waals surface area contributed by atoms with Crippen molar-refractivity contribution in [1.29, 1.82) is 0 Å². The first-order valence-electron chi connectivity index (χ1n) is 7.00. The smallest absolute Gasteiger partial charge is 0.126 e. The Morgan fingerprint density at radius 2 is 1.81 bits per heavy atom. The fourth-order valence-corrected chi connectivity index (χ4v) is 2.45. The van der Waals surface area contributed by atoms with Crippen LogP contribution in [-0.2, 0) is 6.42 Å². The van der Waals surface area contributed by atoms with Gasteiger partial charge in [-0.15, -0.1) is 0 Å². The molecular weight excluding hydrogens is 292 g/mol. The molecule has 1 atom stereocenters. The third kappa shape index (κ3) is 4.51. The van der Waals surface area contributed by atoms with E-state index in [9.17, 15) is 8.78 Å². The molecule has 0 aromatic heterocycles. The van der Waals surface area contributed by atoms with Gasteiger partial charge in [0.25, 0.3) is 0 Å². The average Bonchev–Trinajstić information content (AvgIpc) is 2.48. The minimum atomic E-state index is -0.412. The Balaban J connectivity index is 2.23. The zero-order valence-electron chi connectivity index (χ0n) is 11.9. The summed E-state index contributed by atoms with van der Waals surface area (Å²) in [5.41, 5.74) is 1.46. The lowest BCUT2D eigenvalue weighted by molar-refractivity contribution is 0.551. The number of benzene rings is 2. The molecular formula is C17H18ClF2N. The van der Waals surface area contributed by atoms with Crippen molar-refractivity contribution in [3.05, 3.63) is 70.2 Å². The molecule has 0 radical (unpaired) electrons. The van der Waals surface area contributed by atoms with E-state index in [0.29, 0.717) is 23.6 Å². The minimum Gasteiger partial charge on any atom is -0.316 e. The minimum absolute atomic E-state index is 0.0681. The first kappa shape index (κ1) is 15.9. The molecule has 0 spiro atoms. The number of likely N-dealkylation sites (N-methyl/N-ethyl adjacent to an activating group) is 1. The van der Waals surface area contributed by atoms with Crippen LogP contribution in [0.3, 0.4) is 0 Å². The van der Waals surface area contributed by atoms with Crippen molar-refractivity contribution in [2.24, 2.45) is 0 Å².